The highest BCUT2D eigenvalue weighted by atomic mass is 35.5. The molecule has 2 aromatic carbocycles. The van der Waals surface area contributed by atoms with Crippen LogP contribution in [0, 0.1) is 17.0 Å². The summed E-state index contributed by atoms with van der Waals surface area (Å²) in [5.41, 5.74) is 2.02. The lowest BCUT2D eigenvalue weighted by Crippen LogP contribution is -2.36. The van der Waals surface area contributed by atoms with Gasteiger partial charge in [0.1, 0.15) is 5.69 Å². The molecule has 26 heavy (non-hydrogen) atoms. The Hall–Kier alpha value is -2.64. The van der Waals surface area contributed by atoms with Crippen molar-refractivity contribution in [1.82, 2.24) is 0 Å². The second kappa shape index (κ2) is 7.72. The van der Waals surface area contributed by atoms with Gasteiger partial charge < -0.3 is 15.0 Å². The smallest absolute Gasteiger partial charge is 0.294 e. The number of hydrogen-bond acceptors (Lipinski definition) is 5. The van der Waals surface area contributed by atoms with Gasteiger partial charge in [0.2, 0.25) is 0 Å². The number of benzene rings is 2. The zero-order valence-corrected chi connectivity index (χ0v) is 15.0. The number of carbonyl (C=O) groups excluding carboxylic acids is 1. The van der Waals surface area contributed by atoms with Crippen LogP contribution in [0.1, 0.15) is 15.9 Å². The second-order valence-electron chi connectivity index (χ2n) is 5.95. The molecule has 0 aliphatic carbocycles. The minimum Gasteiger partial charge on any atom is -0.378 e. The monoisotopic (exact) mass is 375 g/mol. The average Bonchev–Trinajstić information content (AvgIpc) is 2.64. The van der Waals surface area contributed by atoms with Crippen LogP contribution in [0.4, 0.5) is 17.1 Å². The topological polar surface area (TPSA) is 84.7 Å². The molecular formula is C18H18ClN3O4. The van der Waals surface area contributed by atoms with E-state index < -0.39 is 4.92 Å². The number of halogens is 1. The first kappa shape index (κ1) is 18.2. The third-order valence-electron chi connectivity index (χ3n) is 4.25. The standard InChI is InChI=1S/C18H18ClN3O4/c1-12-4-2-3-5-13(12)18(23)20-15-11-16(21-6-8-26-9-7-21)17(22(24)25)10-14(15)19/h2-5,10-11H,6-9H2,1H3,(H,20,23). The maximum Gasteiger partial charge on any atom is 0.294 e. The number of morpholine rings is 1. The Labute approximate surface area is 155 Å². The lowest BCUT2D eigenvalue weighted by molar-refractivity contribution is -0.384. The maximum atomic E-state index is 12.6. The van der Waals surface area contributed by atoms with E-state index in [0.717, 1.165) is 5.56 Å². The highest BCUT2D eigenvalue weighted by molar-refractivity contribution is 6.34. The van der Waals surface area contributed by atoms with Crippen LogP contribution in [-0.4, -0.2) is 37.1 Å². The molecule has 8 heteroatoms. The van der Waals surface area contributed by atoms with E-state index in [0.29, 0.717) is 43.2 Å². The van der Waals surface area contributed by atoms with Gasteiger partial charge in [-0.05, 0) is 24.6 Å². The van der Waals surface area contributed by atoms with Crippen molar-refractivity contribution in [2.45, 2.75) is 6.92 Å². The summed E-state index contributed by atoms with van der Waals surface area (Å²) in [4.78, 5) is 25.4. The van der Waals surface area contributed by atoms with E-state index in [4.69, 9.17) is 16.3 Å². The van der Waals surface area contributed by atoms with Gasteiger partial charge in [0.25, 0.3) is 11.6 Å². The Bertz CT molecular complexity index is 850. The minimum atomic E-state index is -0.469. The Balaban J connectivity index is 1.95. The zero-order valence-electron chi connectivity index (χ0n) is 14.2. The van der Waals surface area contributed by atoms with Gasteiger partial charge in [-0.2, -0.15) is 0 Å². The fourth-order valence-electron chi connectivity index (χ4n) is 2.87. The molecule has 0 spiro atoms. The third kappa shape index (κ3) is 3.79. The molecular weight excluding hydrogens is 358 g/mol. The van der Waals surface area contributed by atoms with Crippen molar-refractivity contribution in [2.24, 2.45) is 0 Å². The van der Waals surface area contributed by atoms with E-state index in [1.807, 2.05) is 24.0 Å². The molecule has 0 aromatic heterocycles. The molecule has 0 saturated carbocycles. The molecule has 0 bridgehead atoms. The van der Waals surface area contributed by atoms with Gasteiger partial charge in [0, 0.05) is 24.7 Å². The van der Waals surface area contributed by atoms with E-state index in [9.17, 15) is 14.9 Å². The summed E-state index contributed by atoms with van der Waals surface area (Å²) >= 11 is 6.19. The molecule has 3 rings (SSSR count). The summed E-state index contributed by atoms with van der Waals surface area (Å²) in [5.74, 6) is -0.313. The maximum absolute atomic E-state index is 12.6. The largest absolute Gasteiger partial charge is 0.378 e. The first-order valence-corrected chi connectivity index (χ1v) is 8.53. The van der Waals surface area contributed by atoms with Gasteiger partial charge in [0.15, 0.2) is 0 Å². The Morgan fingerprint density at radius 2 is 1.96 bits per heavy atom. The summed E-state index contributed by atoms with van der Waals surface area (Å²) in [7, 11) is 0. The Kier molecular flexibility index (Phi) is 5.39. The van der Waals surface area contributed by atoms with Crippen molar-refractivity contribution in [3.63, 3.8) is 0 Å². The quantitative estimate of drug-likeness (QED) is 0.651. The highest BCUT2D eigenvalue weighted by Gasteiger charge is 2.24. The van der Waals surface area contributed by atoms with Crippen molar-refractivity contribution in [1.29, 1.82) is 0 Å². The number of amides is 1. The Morgan fingerprint density at radius 3 is 2.62 bits per heavy atom. The normalized spacial score (nSPS) is 14.2. The van der Waals surface area contributed by atoms with E-state index in [1.54, 1.807) is 18.2 Å². The van der Waals surface area contributed by atoms with Crippen LogP contribution in [0.2, 0.25) is 5.02 Å². The molecule has 1 amide bonds. The van der Waals surface area contributed by atoms with Crippen LogP contribution in [0.5, 0.6) is 0 Å². The van der Waals surface area contributed by atoms with Crippen molar-refractivity contribution in [3.05, 3.63) is 62.7 Å². The van der Waals surface area contributed by atoms with Gasteiger partial charge in [-0.15, -0.1) is 0 Å². The summed E-state index contributed by atoms with van der Waals surface area (Å²) in [6, 6.07) is 10.0. The summed E-state index contributed by atoms with van der Waals surface area (Å²) < 4.78 is 5.30. The van der Waals surface area contributed by atoms with Crippen LogP contribution >= 0.6 is 11.6 Å². The molecule has 1 fully saturated rings. The molecule has 0 radical (unpaired) electrons. The number of rotatable bonds is 4. The van der Waals surface area contributed by atoms with Crippen LogP contribution in [0.25, 0.3) is 0 Å². The summed E-state index contributed by atoms with van der Waals surface area (Å²) in [5, 5.41) is 14.3. The van der Waals surface area contributed by atoms with E-state index in [-0.39, 0.29) is 16.6 Å². The molecule has 0 atom stereocenters. The van der Waals surface area contributed by atoms with Crippen LogP contribution < -0.4 is 10.2 Å². The van der Waals surface area contributed by atoms with E-state index in [1.165, 1.54) is 6.07 Å². The molecule has 1 heterocycles. The van der Waals surface area contributed by atoms with Gasteiger partial charge >= 0.3 is 0 Å². The van der Waals surface area contributed by atoms with E-state index in [2.05, 4.69) is 5.32 Å². The van der Waals surface area contributed by atoms with E-state index >= 15 is 0 Å². The van der Waals surface area contributed by atoms with Crippen LogP contribution in [-0.2, 0) is 4.74 Å². The number of aryl methyl sites for hydroxylation is 1. The number of nitrogens with one attached hydrogen (secondary N) is 1. The lowest BCUT2D eigenvalue weighted by Gasteiger charge is -2.29. The zero-order chi connectivity index (χ0) is 18.7. The fourth-order valence-corrected chi connectivity index (χ4v) is 3.07. The number of nitrogens with zero attached hydrogens (tertiary/aromatic N) is 2. The molecule has 1 saturated heterocycles. The van der Waals surface area contributed by atoms with Crippen molar-refractivity contribution in [2.75, 3.05) is 36.5 Å². The molecule has 2 aromatic rings. The molecule has 0 unspecified atom stereocenters. The van der Waals surface area contributed by atoms with Crippen molar-refractivity contribution >= 4 is 34.6 Å². The van der Waals surface area contributed by atoms with Gasteiger partial charge in [-0.1, -0.05) is 29.8 Å². The predicted octanol–water partition coefficient (Wildman–Crippen LogP) is 3.65. The molecule has 1 aliphatic heterocycles. The van der Waals surface area contributed by atoms with Crippen LogP contribution in [0.3, 0.4) is 0 Å². The van der Waals surface area contributed by atoms with Gasteiger partial charge in [0.05, 0.1) is 28.8 Å². The first-order valence-electron chi connectivity index (χ1n) is 8.15. The number of nitro groups is 1. The SMILES string of the molecule is Cc1ccccc1C(=O)Nc1cc(N2CCOCC2)c([N+](=O)[O-])cc1Cl. The highest BCUT2D eigenvalue weighted by Crippen LogP contribution is 2.37. The summed E-state index contributed by atoms with van der Waals surface area (Å²) in [6.07, 6.45) is 0. The van der Waals surface area contributed by atoms with Gasteiger partial charge in [-0.25, -0.2) is 0 Å². The minimum absolute atomic E-state index is 0.0919. The van der Waals surface area contributed by atoms with Crippen molar-refractivity contribution in [3.8, 4) is 0 Å². The van der Waals surface area contributed by atoms with Crippen molar-refractivity contribution < 1.29 is 14.5 Å². The molecule has 1 aliphatic rings. The summed E-state index contributed by atoms with van der Waals surface area (Å²) in [6.45, 7) is 3.89. The van der Waals surface area contributed by atoms with Gasteiger partial charge in [-0.3, -0.25) is 14.9 Å². The fraction of sp³-hybridized carbons (Fsp3) is 0.278. The molecule has 136 valence electrons. The lowest BCUT2D eigenvalue weighted by atomic mass is 10.1. The molecule has 1 N–H and O–H groups in total. The second-order valence-corrected chi connectivity index (χ2v) is 6.35. The first-order chi connectivity index (χ1) is 12.5. The number of anilines is 2. The number of hydrogen-bond donors (Lipinski definition) is 1. The Morgan fingerprint density at radius 1 is 1.27 bits per heavy atom. The number of ether oxygens (including phenoxy) is 1. The number of nitro benzene ring substituents is 1. The predicted molar refractivity (Wildman–Crippen MR) is 100 cm³/mol. The average molecular weight is 376 g/mol. The van der Waals surface area contributed by atoms with Crippen LogP contribution in [0.15, 0.2) is 36.4 Å². The third-order valence-corrected chi connectivity index (χ3v) is 4.56. The number of carbonyl (C=O) groups is 1. The molecule has 7 nitrogen and oxygen atoms in total.